The highest BCUT2D eigenvalue weighted by atomic mass is 19.1. The number of hydrogen-bond acceptors (Lipinski definition) is 3. The van der Waals surface area contributed by atoms with Crippen molar-refractivity contribution in [2.75, 3.05) is 0 Å². The van der Waals surface area contributed by atoms with E-state index in [1.54, 1.807) is 12.1 Å². The van der Waals surface area contributed by atoms with Crippen LogP contribution in [-0.2, 0) is 26.2 Å². The molecule has 0 aliphatic heterocycles. The average Bonchev–Trinajstić information content (AvgIpc) is 3.27. The molecule has 4 nitrogen and oxygen atoms in total. The Morgan fingerprint density at radius 1 is 1.07 bits per heavy atom. The van der Waals surface area contributed by atoms with Gasteiger partial charge < -0.3 is 10.5 Å². The molecule has 0 bridgehead atoms. The SMILES string of the molecule is NC(=O)C1c2ccccc2CC1OC(=O)C1(c2cccc(F)c2)CCCC1. The van der Waals surface area contributed by atoms with Gasteiger partial charge >= 0.3 is 5.97 Å². The van der Waals surface area contributed by atoms with Crippen molar-refractivity contribution in [3.63, 3.8) is 0 Å². The lowest BCUT2D eigenvalue weighted by Gasteiger charge is -2.30. The third-order valence-corrected chi connectivity index (χ3v) is 5.97. The molecule has 2 aliphatic rings. The fraction of sp³-hybridized carbons (Fsp3) is 0.364. The molecule has 0 saturated heterocycles. The summed E-state index contributed by atoms with van der Waals surface area (Å²) in [6.45, 7) is 0. The van der Waals surface area contributed by atoms with Crippen molar-refractivity contribution in [3.8, 4) is 0 Å². The molecule has 2 aliphatic carbocycles. The smallest absolute Gasteiger partial charge is 0.316 e. The lowest BCUT2D eigenvalue weighted by molar-refractivity contribution is -0.157. The van der Waals surface area contributed by atoms with Crippen LogP contribution in [-0.4, -0.2) is 18.0 Å². The molecule has 0 heterocycles. The summed E-state index contributed by atoms with van der Waals surface area (Å²) in [5, 5.41) is 0. The zero-order valence-corrected chi connectivity index (χ0v) is 15.0. The molecule has 4 rings (SSSR count). The molecule has 2 atom stereocenters. The molecular formula is C22H22FNO3. The maximum Gasteiger partial charge on any atom is 0.316 e. The molecule has 2 aromatic carbocycles. The predicted molar refractivity (Wildman–Crippen MR) is 98.5 cm³/mol. The first kappa shape index (κ1) is 17.7. The van der Waals surface area contributed by atoms with E-state index in [4.69, 9.17) is 10.5 Å². The van der Waals surface area contributed by atoms with E-state index in [0.29, 0.717) is 24.8 Å². The van der Waals surface area contributed by atoms with Gasteiger partial charge in [-0.3, -0.25) is 9.59 Å². The van der Waals surface area contributed by atoms with Crippen LogP contribution >= 0.6 is 0 Å². The summed E-state index contributed by atoms with van der Waals surface area (Å²) in [5.74, 6) is -1.88. The van der Waals surface area contributed by atoms with Gasteiger partial charge in [-0.1, -0.05) is 49.2 Å². The topological polar surface area (TPSA) is 69.4 Å². The van der Waals surface area contributed by atoms with Crippen molar-refractivity contribution in [3.05, 3.63) is 71.0 Å². The zero-order valence-electron chi connectivity index (χ0n) is 15.0. The second kappa shape index (κ2) is 6.80. The molecule has 2 N–H and O–H groups in total. The Hall–Kier alpha value is -2.69. The number of fused-ring (bicyclic) bond motifs is 1. The third kappa shape index (κ3) is 3.01. The number of carbonyl (C=O) groups is 2. The van der Waals surface area contributed by atoms with Crippen LogP contribution in [0.1, 0.15) is 48.3 Å². The quantitative estimate of drug-likeness (QED) is 0.843. The van der Waals surface area contributed by atoms with Crippen LogP contribution < -0.4 is 5.73 Å². The normalized spacial score (nSPS) is 23.0. The van der Waals surface area contributed by atoms with Gasteiger partial charge in [-0.25, -0.2) is 4.39 Å². The number of primary amides is 1. The molecule has 0 spiro atoms. The maximum absolute atomic E-state index is 13.8. The molecule has 1 saturated carbocycles. The average molecular weight is 367 g/mol. The van der Waals surface area contributed by atoms with Crippen molar-refractivity contribution in [2.45, 2.75) is 49.5 Å². The van der Waals surface area contributed by atoms with Crippen molar-refractivity contribution in [1.82, 2.24) is 0 Å². The second-order valence-corrected chi connectivity index (χ2v) is 7.53. The second-order valence-electron chi connectivity index (χ2n) is 7.53. The molecule has 140 valence electrons. The molecule has 0 radical (unpaired) electrons. The number of carbonyl (C=O) groups excluding carboxylic acids is 2. The third-order valence-electron chi connectivity index (χ3n) is 5.97. The number of halogens is 1. The van der Waals surface area contributed by atoms with Gasteiger partial charge in [-0.2, -0.15) is 0 Å². The molecule has 2 aromatic rings. The van der Waals surface area contributed by atoms with Crippen LogP contribution in [0.4, 0.5) is 4.39 Å². The van der Waals surface area contributed by atoms with E-state index in [1.165, 1.54) is 12.1 Å². The summed E-state index contributed by atoms with van der Waals surface area (Å²) >= 11 is 0. The van der Waals surface area contributed by atoms with Gasteiger partial charge in [0.05, 0.1) is 5.41 Å². The fourth-order valence-electron chi connectivity index (χ4n) is 4.63. The molecule has 1 fully saturated rings. The molecule has 2 unspecified atom stereocenters. The van der Waals surface area contributed by atoms with Crippen LogP contribution in [0.15, 0.2) is 48.5 Å². The van der Waals surface area contributed by atoms with E-state index in [9.17, 15) is 14.0 Å². The Balaban J connectivity index is 1.63. The zero-order chi connectivity index (χ0) is 19.0. The maximum atomic E-state index is 13.8. The van der Waals surface area contributed by atoms with Crippen LogP contribution in [0.3, 0.4) is 0 Å². The monoisotopic (exact) mass is 367 g/mol. The van der Waals surface area contributed by atoms with E-state index < -0.39 is 23.3 Å². The summed E-state index contributed by atoms with van der Waals surface area (Å²) < 4.78 is 19.7. The first-order chi connectivity index (χ1) is 13.0. The van der Waals surface area contributed by atoms with E-state index >= 15 is 0 Å². The van der Waals surface area contributed by atoms with Gasteiger partial charge in [0.1, 0.15) is 17.8 Å². The number of benzene rings is 2. The van der Waals surface area contributed by atoms with Gasteiger partial charge in [0.15, 0.2) is 0 Å². The van der Waals surface area contributed by atoms with Gasteiger partial charge in [-0.05, 0) is 41.7 Å². The van der Waals surface area contributed by atoms with Crippen LogP contribution in [0.5, 0.6) is 0 Å². The Kier molecular flexibility index (Phi) is 4.46. The Bertz CT molecular complexity index is 889. The summed E-state index contributed by atoms with van der Waals surface area (Å²) in [5.41, 5.74) is 7.22. The summed E-state index contributed by atoms with van der Waals surface area (Å²) in [6, 6.07) is 13.7. The Morgan fingerprint density at radius 2 is 1.81 bits per heavy atom. The van der Waals surface area contributed by atoms with Gasteiger partial charge in [0.2, 0.25) is 5.91 Å². The number of rotatable bonds is 4. The molecule has 27 heavy (non-hydrogen) atoms. The number of nitrogens with two attached hydrogens (primary N) is 1. The molecule has 1 amide bonds. The highest BCUT2D eigenvalue weighted by molar-refractivity contribution is 5.87. The number of ether oxygens (including phenoxy) is 1. The van der Waals surface area contributed by atoms with E-state index in [0.717, 1.165) is 24.0 Å². The molecular weight excluding hydrogens is 345 g/mol. The van der Waals surface area contributed by atoms with E-state index in [1.807, 2.05) is 24.3 Å². The lowest BCUT2D eigenvalue weighted by Crippen LogP contribution is -2.40. The Labute approximate surface area is 157 Å². The molecule has 5 heteroatoms. The van der Waals surface area contributed by atoms with Gasteiger partial charge in [0.25, 0.3) is 0 Å². The highest BCUT2D eigenvalue weighted by Gasteiger charge is 2.47. The predicted octanol–water partition coefficient (Wildman–Crippen LogP) is 3.37. The first-order valence-electron chi connectivity index (χ1n) is 9.35. The summed E-state index contributed by atoms with van der Waals surface area (Å²) in [6.07, 6.45) is 2.87. The number of hydrogen-bond donors (Lipinski definition) is 1. The van der Waals surface area contributed by atoms with Gasteiger partial charge in [-0.15, -0.1) is 0 Å². The Morgan fingerprint density at radius 3 is 2.52 bits per heavy atom. The fourth-order valence-corrected chi connectivity index (χ4v) is 4.63. The van der Waals surface area contributed by atoms with Crippen molar-refractivity contribution >= 4 is 11.9 Å². The van der Waals surface area contributed by atoms with Crippen molar-refractivity contribution < 1.29 is 18.7 Å². The van der Waals surface area contributed by atoms with Crippen LogP contribution in [0.2, 0.25) is 0 Å². The lowest BCUT2D eigenvalue weighted by atomic mass is 9.79. The van der Waals surface area contributed by atoms with Crippen LogP contribution in [0.25, 0.3) is 0 Å². The number of amides is 1. The minimum absolute atomic E-state index is 0.366. The van der Waals surface area contributed by atoms with E-state index in [2.05, 4.69) is 0 Å². The highest BCUT2D eigenvalue weighted by Crippen LogP contribution is 2.44. The number of esters is 1. The first-order valence-corrected chi connectivity index (χ1v) is 9.35. The molecule has 0 aromatic heterocycles. The van der Waals surface area contributed by atoms with Crippen molar-refractivity contribution in [1.29, 1.82) is 0 Å². The summed E-state index contributed by atoms with van der Waals surface area (Å²) in [7, 11) is 0. The standard InChI is InChI=1S/C22H22FNO3/c23-16-8-5-7-15(13-16)22(10-3-4-11-22)21(26)27-18-12-14-6-1-2-9-17(14)19(18)20(24)25/h1-2,5-9,13,18-19H,3-4,10-12H2,(H2,24,25). The summed E-state index contributed by atoms with van der Waals surface area (Å²) in [4.78, 5) is 25.3. The minimum Gasteiger partial charge on any atom is -0.460 e. The van der Waals surface area contributed by atoms with E-state index in [-0.39, 0.29) is 11.8 Å². The minimum atomic E-state index is -0.848. The van der Waals surface area contributed by atoms with Crippen LogP contribution in [0, 0.1) is 5.82 Å². The largest absolute Gasteiger partial charge is 0.460 e. The van der Waals surface area contributed by atoms with Gasteiger partial charge in [0, 0.05) is 6.42 Å². The van der Waals surface area contributed by atoms with Crippen molar-refractivity contribution in [2.24, 2.45) is 5.73 Å².